The van der Waals surface area contributed by atoms with Crippen molar-refractivity contribution in [2.75, 3.05) is 19.0 Å². The van der Waals surface area contributed by atoms with Crippen molar-refractivity contribution in [2.45, 2.75) is 63.6 Å². The van der Waals surface area contributed by atoms with Crippen LogP contribution >= 0.6 is 35.2 Å². The first-order valence-corrected chi connectivity index (χ1v) is 12.4. The second-order valence-corrected chi connectivity index (χ2v) is 10.1. The van der Waals surface area contributed by atoms with Gasteiger partial charge >= 0.3 is 12.1 Å². The summed E-state index contributed by atoms with van der Waals surface area (Å²) in [6, 6.07) is 0. The maximum absolute atomic E-state index is 13.2. The molecule has 2 aromatic heterocycles. The van der Waals surface area contributed by atoms with E-state index in [4.69, 9.17) is 28.6 Å². The van der Waals surface area contributed by atoms with E-state index in [0.29, 0.717) is 34.3 Å². The third-order valence-corrected chi connectivity index (χ3v) is 7.61. The van der Waals surface area contributed by atoms with Crippen molar-refractivity contribution in [1.29, 1.82) is 0 Å². The van der Waals surface area contributed by atoms with E-state index in [2.05, 4.69) is 15.7 Å². The van der Waals surface area contributed by atoms with Gasteiger partial charge in [-0.3, -0.25) is 4.68 Å². The third-order valence-electron chi connectivity index (χ3n) is 5.78. The third kappa shape index (κ3) is 5.30. The number of esters is 1. The number of aryl methyl sites for hydroxylation is 2. The highest BCUT2D eigenvalue weighted by molar-refractivity contribution is 7.80. The minimum absolute atomic E-state index is 0.0402. The molecule has 0 amide bonds. The Morgan fingerprint density at radius 1 is 1.33 bits per heavy atom. The largest absolute Gasteiger partial charge is 0.465 e. The summed E-state index contributed by atoms with van der Waals surface area (Å²) in [5.41, 5.74) is 1.03. The van der Waals surface area contributed by atoms with E-state index in [1.807, 2.05) is 0 Å². The number of rotatable bonds is 7. The molecule has 0 aliphatic heterocycles. The number of methoxy groups -OCH3 is 1. The molecule has 0 atom stereocenters. The number of thiocarbonyl (C=S) groups is 1. The van der Waals surface area contributed by atoms with Gasteiger partial charge in [0.1, 0.15) is 5.00 Å². The zero-order chi connectivity index (χ0) is 23.8. The van der Waals surface area contributed by atoms with Gasteiger partial charge in [0.15, 0.2) is 10.8 Å². The quantitative estimate of drug-likeness (QED) is 0.284. The molecule has 6 nitrogen and oxygen atoms in total. The fraction of sp³-hybridized carbons (Fsp3) is 0.571. The molecule has 4 rings (SSSR count). The van der Waals surface area contributed by atoms with Crippen LogP contribution < -0.4 is 10.6 Å². The number of halogens is 4. The summed E-state index contributed by atoms with van der Waals surface area (Å²) in [6.45, 7) is 0.714. The molecule has 2 N–H and O–H groups in total. The Morgan fingerprint density at radius 2 is 2.06 bits per heavy atom. The summed E-state index contributed by atoms with van der Waals surface area (Å²) < 4.78 is 45.9. The lowest BCUT2D eigenvalue weighted by Gasteiger charge is -2.13. The standard InChI is InChI=1S/C21H24ClF3N4O2S2/c1-31-19(30)14-12-5-2-3-6-13(12)33-18(14)27-20(32)26-9-4-10-29-16(11-7-8-11)15(22)17(28-29)21(23,24)25/h11H,2-10H2,1H3,(H2,26,27,32). The monoisotopic (exact) mass is 520 g/mol. The maximum Gasteiger partial charge on any atom is 0.436 e. The molecule has 12 heteroatoms. The number of ether oxygens (including phenoxy) is 1. The van der Waals surface area contributed by atoms with E-state index in [1.54, 1.807) is 0 Å². The molecule has 1 saturated carbocycles. The molecule has 0 aromatic carbocycles. The van der Waals surface area contributed by atoms with Gasteiger partial charge < -0.3 is 15.4 Å². The van der Waals surface area contributed by atoms with Gasteiger partial charge in [-0.25, -0.2) is 4.79 Å². The Bertz CT molecular complexity index is 1060. The van der Waals surface area contributed by atoms with Crippen molar-refractivity contribution < 1.29 is 22.7 Å². The van der Waals surface area contributed by atoms with E-state index < -0.39 is 11.9 Å². The van der Waals surface area contributed by atoms with Gasteiger partial charge in [-0.1, -0.05) is 11.6 Å². The number of aromatic nitrogens is 2. The zero-order valence-corrected chi connectivity index (χ0v) is 20.4. The van der Waals surface area contributed by atoms with Gasteiger partial charge in [-0.05, 0) is 62.7 Å². The number of anilines is 1. The molecular formula is C21H24ClF3N4O2S2. The van der Waals surface area contributed by atoms with Crippen LogP contribution in [0.4, 0.5) is 18.2 Å². The van der Waals surface area contributed by atoms with Gasteiger partial charge in [0, 0.05) is 23.9 Å². The predicted molar refractivity (Wildman–Crippen MR) is 125 cm³/mol. The number of nitrogens with zero attached hydrogens (tertiary/aromatic N) is 2. The predicted octanol–water partition coefficient (Wildman–Crippen LogP) is 5.54. The van der Waals surface area contributed by atoms with Crippen LogP contribution in [0.5, 0.6) is 0 Å². The van der Waals surface area contributed by atoms with Crippen LogP contribution in [0.3, 0.4) is 0 Å². The van der Waals surface area contributed by atoms with Crippen molar-refractivity contribution in [3.63, 3.8) is 0 Å². The lowest BCUT2D eigenvalue weighted by Crippen LogP contribution is -2.30. The normalized spacial score (nSPS) is 15.8. The molecular weight excluding hydrogens is 497 g/mol. The number of nitrogens with one attached hydrogen (secondary N) is 2. The van der Waals surface area contributed by atoms with Crippen molar-refractivity contribution >= 4 is 51.2 Å². The van der Waals surface area contributed by atoms with E-state index in [1.165, 1.54) is 28.0 Å². The fourth-order valence-corrected chi connectivity index (χ4v) is 6.05. The number of thiophene rings is 1. The first-order chi connectivity index (χ1) is 15.7. The summed E-state index contributed by atoms with van der Waals surface area (Å²) in [5.74, 6) is -0.346. The van der Waals surface area contributed by atoms with Gasteiger partial charge in [0.05, 0.1) is 23.4 Å². The second kappa shape index (κ2) is 9.79. The molecule has 0 unspecified atom stereocenters. The number of hydrogen-bond acceptors (Lipinski definition) is 5. The highest BCUT2D eigenvalue weighted by Crippen LogP contribution is 2.47. The van der Waals surface area contributed by atoms with Crippen LogP contribution in [-0.2, 0) is 30.3 Å². The fourth-order valence-electron chi connectivity index (χ4n) is 4.10. The van der Waals surface area contributed by atoms with Crippen molar-refractivity contribution in [3.8, 4) is 0 Å². The lowest BCUT2D eigenvalue weighted by molar-refractivity contribution is -0.141. The Labute approximate surface area is 203 Å². The Morgan fingerprint density at radius 3 is 2.73 bits per heavy atom. The van der Waals surface area contributed by atoms with Crippen LogP contribution in [0.25, 0.3) is 0 Å². The first kappa shape index (κ1) is 24.3. The van der Waals surface area contributed by atoms with Crippen LogP contribution in [0.15, 0.2) is 0 Å². The number of carbonyl (C=O) groups excluding carboxylic acids is 1. The van der Waals surface area contributed by atoms with Gasteiger partial charge in [0.2, 0.25) is 0 Å². The maximum atomic E-state index is 13.2. The van der Waals surface area contributed by atoms with Crippen LogP contribution in [0.1, 0.15) is 70.2 Å². The molecule has 2 heterocycles. The summed E-state index contributed by atoms with van der Waals surface area (Å²) in [6.07, 6.45) is 1.47. The minimum atomic E-state index is -4.58. The van der Waals surface area contributed by atoms with Crippen molar-refractivity contribution in [2.24, 2.45) is 0 Å². The molecule has 33 heavy (non-hydrogen) atoms. The van der Waals surface area contributed by atoms with Gasteiger partial charge in [0.25, 0.3) is 0 Å². The topological polar surface area (TPSA) is 68.2 Å². The van der Waals surface area contributed by atoms with Gasteiger partial charge in [-0.15, -0.1) is 11.3 Å². The molecule has 0 spiro atoms. The molecule has 0 radical (unpaired) electrons. The second-order valence-electron chi connectivity index (χ2n) is 8.18. The SMILES string of the molecule is COC(=O)c1c(NC(=S)NCCCn2nc(C(F)(F)F)c(Cl)c2C2CC2)sc2c1CCCC2. The molecule has 1 fully saturated rings. The highest BCUT2D eigenvalue weighted by Gasteiger charge is 2.41. The summed E-state index contributed by atoms with van der Waals surface area (Å²) in [7, 11) is 1.36. The Kier molecular flexibility index (Phi) is 7.20. The first-order valence-electron chi connectivity index (χ1n) is 10.8. The van der Waals surface area contributed by atoms with E-state index in [9.17, 15) is 18.0 Å². The summed E-state index contributed by atoms with van der Waals surface area (Å²) in [5, 5.41) is 10.6. The molecule has 0 saturated heterocycles. The lowest BCUT2D eigenvalue weighted by atomic mass is 9.95. The molecule has 2 aromatic rings. The van der Waals surface area contributed by atoms with E-state index in [0.717, 1.165) is 44.1 Å². The average molecular weight is 521 g/mol. The number of carbonyl (C=O) groups is 1. The van der Waals surface area contributed by atoms with Gasteiger partial charge in [-0.2, -0.15) is 18.3 Å². The van der Waals surface area contributed by atoms with Crippen LogP contribution in [-0.4, -0.2) is 34.5 Å². The van der Waals surface area contributed by atoms with E-state index in [-0.39, 0.29) is 23.5 Å². The van der Waals surface area contributed by atoms with Crippen molar-refractivity contribution in [1.82, 2.24) is 15.1 Å². The van der Waals surface area contributed by atoms with Crippen LogP contribution in [0, 0.1) is 0 Å². The average Bonchev–Trinajstić information content (AvgIpc) is 3.44. The number of alkyl halides is 3. The zero-order valence-electron chi connectivity index (χ0n) is 18.0. The molecule has 2 aliphatic carbocycles. The highest BCUT2D eigenvalue weighted by atomic mass is 35.5. The van der Waals surface area contributed by atoms with E-state index >= 15 is 0 Å². The number of fused-ring (bicyclic) bond motifs is 1. The Balaban J connectivity index is 1.36. The van der Waals surface area contributed by atoms with Crippen molar-refractivity contribution in [3.05, 3.63) is 32.4 Å². The molecule has 0 bridgehead atoms. The van der Waals surface area contributed by atoms with Crippen LogP contribution in [0.2, 0.25) is 5.02 Å². The summed E-state index contributed by atoms with van der Waals surface area (Å²) >= 11 is 12.9. The number of hydrogen-bond donors (Lipinski definition) is 2. The molecule has 180 valence electrons. The molecule has 2 aliphatic rings. The minimum Gasteiger partial charge on any atom is -0.465 e. The summed E-state index contributed by atoms with van der Waals surface area (Å²) in [4.78, 5) is 13.5. The smallest absolute Gasteiger partial charge is 0.436 e. The Hall–Kier alpha value is -1.85.